The molecule has 0 amide bonds. The maximum absolute atomic E-state index is 13.3. The van der Waals surface area contributed by atoms with E-state index >= 15 is 0 Å². The summed E-state index contributed by atoms with van der Waals surface area (Å²) in [6.07, 6.45) is 0.463. The minimum absolute atomic E-state index is 0.0266. The lowest BCUT2D eigenvalue weighted by Crippen LogP contribution is -2.33. The fraction of sp³-hybridized carbons (Fsp3) is 0.292. The van der Waals surface area contributed by atoms with Crippen LogP contribution in [-0.2, 0) is 24.3 Å². The summed E-state index contributed by atoms with van der Waals surface area (Å²) in [7, 11) is 1.59. The van der Waals surface area contributed by atoms with Crippen molar-refractivity contribution in [1.29, 1.82) is 0 Å². The number of rotatable bonds is 9. The van der Waals surface area contributed by atoms with Crippen molar-refractivity contribution in [2.75, 3.05) is 13.7 Å². The molecule has 162 valence electrons. The van der Waals surface area contributed by atoms with Gasteiger partial charge in [-0.25, -0.2) is 9.78 Å². The Hall–Kier alpha value is -3.61. The van der Waals surface area contributed by atoms with Gasteiger partial charge < -0.3 is 14.2 Å². The number of hydrogen-bond acceptors (Lipinski definition) is 6. The second-order valence-corrected chi connectivity index (χ2v) is 6.78. The first-order chi connectivity index (χ1) is 15.1. The predicted octanol–water partition coefficient (Wildman–Crippen LogP) is 3.62. The van der Waals surface area contributed by atoms with E-state index in [1.807, 2.05) is 37.3 Å². The van der Waals surface area contributed by atoms with Crippen LogP contribution in [0.1, 0.15) is 41.3 Å². The summed E-state index contributed by atoms with van der Waals surface area (Å²) in [5, 5.41) is 0. The SMILES string of the molecule is CCOC(=O)c1nc(COc2ccc(OC)cc2)c(CC)c(=O)n1Cc1ccccc1. The van der Waals surface area contributed by atoms with Gasteiger partial charge in [0.2, 0.25) is 5.82 Å². The third-order valence-electron chi connectivity index (χ3n) is 4.78. The summed E-state index contributed by atoms with van der Waals surface area (Å²) in [6.45, 7) is 4.07. The van der Waals surface area contributed by atoms with Gasteiger partial charge in [-0.1, -0.05) is 37.3 Å². The van der Waals surface area contributed by atoms with Gasteiger partial charge in [0.15, 0.2) is 0 Å². The topological polar surface area (TPSA) is 79.7 Å². The fourth-order valence-corrected chi connectivity index (χ4v) is 3.20. The summed E-state index contributed by atoms with van der Waals surface area (Å²) in [5.41, 5.74) is 1.56. The molecule has 0 atom stereocenters. The molecule has 0 N–H and O–H groups in total. The molecule has 1 heterocycles. The second kappa shape index (κ2) is 10.4. The van der Waals surface area contributed by atoms with Gasteiger partial charge in [-0.2, -0.15) is 0 Å². The van der Waals surface area contributed by atoms with Crippen molar-refractivity contribution in [3.63, 3.8) is 0 Å². The van der Waals surface area contributed by atoms with Crippen LogP contribution < -0.4 is 15.0 Å². The molecule has 0 fully saturated rings. The van der Waals surface area contributed by atoms with E-state index in [1.165, 1.54) is 4.57 Å². The van der Waals surface area contributed by atoms with Crippen LogP contribution in [0.5, 0.6) is 11.5 Å². The van der Waals surface area contributed by atoms with Gasteiger partial charge in [-0.05, 0) is 43.2 Å². The smallest absolute Gasteiger partial charge is 0.374 e. The Morgan fingerprint density at radius 1 is 1.00 bits per heavy atom. The van der Waals surface area contributed by atoms with E-state index in [0.717, 1.165) is 5.56 Å². The van der Waals surface area contributed by atoms with E-state index in [9.17, 15) is 9.59 Å². The van der Waals surface area contributed by atoms with Gasteiger partial charge in [-0.15, -0.1) is 0 Å². The zero-order valence-corrected chi connectivity index (χ0v) is 18.0. The van der Waals surface area contributed by atoms with Gasteiger partial charge in [0.1, 0.15) is 18.1 Å². The van der Waals surface area contributed by atoms with Crippen molar-refractivity contribution in [3.8, 4) is 11.5 Å². The fourth-order valence-electron chi connectivity index (χ4n) is 3.20. The van der Waals surface area contributed by atoms with Crippen LogP contribution in [0.3, 0.4) is 0 Å². The number of nitrogens with zero attached hydrogens (tertiary/aromatic N) is 2. The number of methoxy groups -OCH3 is 1. The third-order valence-corrected chi connectivity index (χ3v) is 4.78. The molecule has 3 aromatic rings. The zero-order valence-electron chi connectivity index (χ0n) is 18.0. The van der Waals surface area contributed by atoms with Crippen molar-refractivity contribution in [3.05, 3.63) is 87.6 Å². The van der Waals surface area contributed by atoms with Crippen LogP contribution in [0.2, 0.25) is 0 Å². The Morgan fingerprint density at radius 2 is 1.68 bits per heavy atom. The van der Waals surface area contributed by atoms with Crippen molar-refractivity contribution < 1.29 is 19.0 Å². The Kier molecular flexibility index (Phi) is 7.43. The number of benzene rings is 2. The van der Waals surface area contributed by atoms with Crippen molar-refractivity contribution in [2.45, 2.75) is 33.4 Å². The molecular formula is C24H26N2O5. The average molecular weight is 422 g/mol. The zero-order chi connectivity index (χ0) is 22.2. The van der Waals surface area contributed by atoms with Crippen molar-refractivity contribution in [2.24, 2.45) is 0 Å². The highest BCUT2D eigenvalue weighted by Crippen LogP contribution is 2.19. The van der Waals surface area contributed by atoms with Gasteiger partial charge in [0.25, 0.3) is 5.56 Å². The number of aromatic nitrogens is 2. The highest BCUT2D eigenvalue weighted by atomic mass is 16.5. The maximum atomic E-state index is 13.3. The Bertz CT molecular complexity index is 1080. The molecule has 1 aromatic heterocycles. The monoisotopic (exact) mass is 422 g/mol. The Morgan fingerprint density at radius 3 is 2.29 bits per heavy atom. The molecule has 0 aliphatic heterocycles. The molecular weight excluding hydrogens is 396 g/mol. The molecule has 7 heteroatoms. The standard InChI is InChI=1S/C24H26N2O5/c1-4-20-21(16-31-19-13-11-18(29-3)12-14-19)25-22(24(28)30-5-2)26(23(20)27)15-17-9-7-6-8-10-17/h6-14H,4-5,15-16H2,1-3H3. The molecule has 0 unspecified atom stereocenters. The van der Waals surface area contributed by atoms with E-state index in [2.05, 4.69) is 4.98 Å². The quantitative estimate of drug-likeness (QED) is 0.490. The molecule has 3 rings (SSSR count). The normalized spacial score (nSPS) is 10.5. The van der Waals surface area contributed by atoms with Gasteiger partial charge in [0.05, 0.1) is 26.0 Å². The molecule has 31 heavy (non-hydrogen) atoms. The van der Waals surface area contributed by atoms with Crippen LogP contribution in [0.15, 0.2) is 59.4 Å². The molecule has 2 aromatic carbocycles. The Labute approximate surface area is 181 Å². The summed E-state index contributed by atoms with van der Waals surface area (Å²) in [4.78, 5) is 30.4. The first kappa shape index (κ1) is 22.1. The van der Waals surface area contributed by atoms with Crippen LogP contribution in [0, 0.1) is 0 Å². The molecule has 0 saturated heterocycles. The second-order valence-electron chi connectivity index (χ2n) is 6.78. The van der Waals surface area contributed by atoms with E-state index in [0.29, 0.717) is 29.2 Å². The number of hydrogen-bond donors (Lipinski definition) is 0. The number of carbonyl (C=O) groups excluding carboxylic acids is 1. The van der Waals surface area contributed by atoms with Gasteiger partial charge in [-0.3, -0.25) is 9.36 Å². The summed E-state index contributed by atoms with van der Waals surface area (Å²) >= 11 is 0. The predicted molar refractivity (Wildman–Crippen MR) is 117 cm³/mol. The Balaban J connectivity index is 1.98. The largest absolute Gasteiger partial charge is 0.497 e. The summed E-state index contributed by atoms with van der Waals surface area (Å²) in [5.74, 6) is 0.661. The number of ether oxygens (including phenoxy) is 3. The van der Waals surface area contributed by atoms with Crippen LogP contribution in [0.25, 0.3) is 0 Å². The molecule has 0 spiro atoms. The molecule has 0 bridgehead atoms. The molecule has 0 radical (unpaired) electrons. The number of esters is 1. The summed E-state index contributed by atoms with van der Waals surface area (Å²) < 4.78 is 17.5. The lowest BCUT2D eigenvalue weighted by molar-refractivity contribution is 0.0503. The highest BCUT2D eigenvalue weighted by molar-refractivity contribution is 5.85. The first-order valence-electron chi connectivity index (χ1n) is 10.2. The molecule has 7 nitrogen and oxygen atoms in total. The average Bonchev–Trinajstić information content (AvgIpc) is 2.80. The van der Waals surface area contributed by atoms with E-state index in [4.69, 9.17) is 14.2 Å². The lowest BCUT2D eigenvalue weighted by atomic mass is 10.1. The van der Waals surface area contributed by atoms with Gasteiger partial charge in [0, 0.05) is 5.56 Å². The lowest BCUT2D eigenvalue weighted by Gasteiger charge is -2.16. The van der Waals surface area contributed by atoms with E-state index in [-0.39, 0.29) is 31.1 Å². The minimum atomic E-state index is -0.635. The number of carbonyl (C=O) groups is 1. The van der Waals surface area contributed by atoms with Crippen molar-refractivity contribution >= 4 is 5.97 Å². The first-order valence-corrected chi connectivity index (χ1v) is 10.2. The molecule has 0 aliphatic carbocycles. The maximum Gasteiger partial charge on any atom is 0.374 e. The third kappa shape index (κ3) is 5.31. The summed E-state index contributed by atoms with van der Waals surface area (Å²) in [6, 6.07) is 16.6. The van der Waals surface area contributed by atoms with E-state index < -0.39 is 5.97 Å². The van der Waals surface area contributed by atoms with Gasteiger partial charge >= 0.3 is 5.97 Å². The van der Waals surface area contributed by atoms with Crippen LogP contribution in [-0.4, -0.2) is 29.2 Å². The molecule has 0 aliphatic rings. The van der Waals surface area contributed by atoms with Crippen molar-refractivity contribution in [1.82, 2.24) is 9.55 Å². The molecule has 0 saturated carbocycles. The van der Waals surface area contributed by atoms with Crippen LogP contribution in [0.4, 0.5) is 0 Å². The minimum Gasteiger partial charge on any atom is -0.497 e. The van der Waals surface area contributed by atoms with Crippen LogP contribution >= 0.6 is 0 Å². The van der Waals surface area contributed by atoms with E-state index in [1.54, 1.807) is 38.3 Å². The highest BCUT2D eigenvalue weighted by Gasteiger charge is 2.22.